The van der Waals surface area contributed by atoms with E-state index in [0.717, 1.165) is 5.76 Å². The van der Waals surface area contributed by atoms with Crippen LogP contribution < -0.4 is 5.32 Å². The maximum absolute atomic E-state index is 12.3. The van der Waals surface area contributed by atoms with Crippen LogP contribution in [0.1, 0.15) is 29.2 Å². The van der Waals surface area contributed by atoms with Crippen LogP contribution in [0.25, 0.3) is 0 Å². The molecule has 3 rings (SSSR count). The third-order valence-corrected chi connectivity index (χ3v) is 4.54. The first-order valence-electron chi connectivity index (χ1n) is 8.31. The molecule has 0 spiro atoms. The lowest BCUT2D eigenvalue weighted by Crippen LogP contribution is -2.39. The number of rotatable bonds is 6. The Balaban J connectivity index is 1.55. The molecule has 1 fully saturated rings. The van der Waals surface area contributed by atoms with Crippen molar-refractivity contribution in [2.45, 2.75) is 38.1 Å². The Morgan fingerprint density at radius 2 is 2.28 bits per heavy atom. The normalized spacial score (nSPS) is 23.3. The van der Waals surface area contributed by atoms with Crippen molar-refractivity contribution in [2.24, 2.45) is 5.92 Å². The van der Waals surface area contributed by atoms with Crippen molar-refractivity contribution < 1.29 is 14.3 Å². The summed E-state index contributed by atoms with van der Waals surface area (Å²) in [7, 11) is 3.87. The Morgan fingerprint density at radius 3 is 2.96 bits per heavy atom. The van der Waals surface area contributed by atoms with Gasteiger partial charge in [-0.25, -0.2) is 0 Å². The molecular weight excluding hydrogens is 344 g/mol. The third kappa shape index (κ3) is 4.62. The Hall–Kier alpha value is -1.83. The molecule has 1 saturated carbocycles. The van der Waals surface area contributed by atoms with Crippen LogP contribution in [0.5, 0.6) is 0 Å². The molecule has 0 saturated heterocycles. The summed E-state index contributed by atoms with van der Waals surface area (Å²) < 4.78 is 7.33. The number of aliphatic hydroxyl groups excluding tert-OH is 1. The van der Waals surface area contributed by atoms with Gasteiger partial charge in [-0.2, -0.15) is 5.10 Å². The molecular formula is C17H23ClN4O3. The molecule has 8 heteroatoms. The van der Waals surface area contributed by atoms with Crippen molar-refractivity contribution in [3.8, 4) is 0 Å². The molecule has 2 heterocycles. The van der Waals surface area contributed by atoms with Gasteiger partial charge in [0.25, 0.3) is 5.91 Å². The first kappa shape index (κ1) is 18.0. The molecule has 7 nitrogen and oxygen atoms in total. The summed E-state index contributed by atoms with van der Waals surface area (Å²) in [5.41, 5.74) is 0. The zero-order valence-electron chi connectivity index (χ0n) is 14.4. The summed E-state index contributed by atoms with van der Waals surface area (Å²) >= 11 is 5.87. The van der Waals surface area contributed by atoms with E-state index in [-0.39, 0.29) is 23.6 Å². The van der Waals surface area contributed by atoms with Crippen LogP contribution in [0.3, 0.4) is 0 Å². The van der Waals surface area contributed by atoms with Crippen molar-refractivity contribution in [3.63, 3.8) is 0 Å². The zero-order chi connectivity index (χ0) is 18.0. The Kier molecular flexibility index (Phi) is 5.46. The number of aliphatic hydroxyl groups is 1. The van der Waals surface area contributed by atoms with Gasteiger partial charge in [0, 0.05) is 12.7 Å². The predicted octanol–water partition coefficient (Wildman–Crippen LogP) is 1.76. The summed E-state index contributed by atoms with van der Waals surface area (Å²) in [6.45, 7) is 1.30. The number of halogens is 1. The van der Waals surface area contributed by atoms with Gasteiger partial charge in [0.1, 0.15) is 5.76 Å². The summed E-state index contributed by atoms with van der Waals surface area (Å²) in [5.74, 6) is 0.941. The fraction of sp³-hybridized carbons (Fsp3) is 0.529. The molecule has 0 aliphatic heterocycles. The largest absolute Gasteiger partial charge is 0.455 e. The van der Waals surface area contributed by atoms with Gasteiger partial charge < -0.3 is 19.7 Å². The van der Waals surface area contributed by atoms with E-state index in [4.69, 9.17) is 16.0 Å². The number of hydrogen-bond donors (Lipinski definition) is 2. The fourth-order valence-corrected chi connectivity index (χ4v) is 3.42. The molecule has 1 aliphatic carbocycles. The zero-order valence-corrected chi connectivity index (χ0v) is 15.1. The van der Waals surface area contributed by atoms with Gasteiger partial charge in [-0.3, -0.25) is 9.48 Å². The van der Waals surface area contributed by atoms with Crippen LogP contribution in [-0.4, -0.2) is 51.9 Å². The molecule has 2 aromatic rings. The van der Waals surface area contributed by atoms with Gasteiger partial charge in [0.05, 0.1) is 29.9 Å². The number of aromatic nitrogens is 2. The lowest BCUT2D eigenvalue weighted by atomic mass is 10.1. The van der Waals surface area contributed by atoms with Crippen LogP contribution >= 0.6 is 11.6 Å². The van der Waals surface area contributed by atoms with Crippen LogP contribution in [0.2, 0.25) is 5.02 Å². The number of carbonyl (C=O) groups excluding carboxylic acids is 1. The Morgan fingerprint density at radius 1 is 1.48 bits per heavy atom. The summed E-state index contributed by atoms with van der Waals surface area (Å²) in [5, 5.41) is 17.9. The van der Waals surface area contributed by atoms with Gasteiger partial charge in [-0.1, -0.05) is 11.6 Å². The number of furan rings is 1. The van der Waals surface area contributed by atoms with E-state index < -0.39 is 6.10 Å². The van der Waals surface area contributed by atoms with Gasteiger partial charge in [0.15, 0.2) is 5.76 Å². The highest BCUT2D eigenvalue weighted by Crippen LogP contribution is 2.28. The molecule has 2 aromatic heterocycles. The quantitative estimate of drug-likeness (QED) is 0.814. The van der Waals surface area contributed by atoms with E-state index in [1.54, 1.807) is 29.2 Å². The van der Waals surface area contributed by atoms with E-state index in [2.05, 4.69) is 10.4 Å². The monoisotopic (exact) mass is 366 g/mol. The minimum absolute atomic E-state index is 0.233. The Labute approximate surface area is 151 Å². The topological polar surface area (TPSA) is 83.5 Å². The number of nitrogens with one attached hydrogen (secondary N) is 1. The molecule has 25 heavy (non-hydrogen) atoms. The summed E-state index contributed by atoms with van der Waals surface area (Å²) in [4.78, 5) is 14.3. The molecule has 1 unspecified atom stereocenters. The minimum atomic E-state index is -0.573. The van der Waals surface area contributed by atoms with E-state index in [9.17, 15) is 9.90 Å². The minimum Gasteiger partial charge on any atom is -0.455 e. The smallest absolute Gasteiger partial charge is 0.287 e. The average Bonchev–Trinajstić information content (AvgIpc) is 3.22. The first-order valence-corrected chi connectivity index (χ1v) is 8.69. The number of nitrogens with zero attached hydrogens (tertiary/aromatic N) is 3. The molecule has 0 aromatic carbocycles. The van der Waals surface area contributed by atoms with Crippen molar-refractivity contribution >= 4 is 17.5 Å². The highest BCUT2D eigenvalue weighted by atomic mass is 35.5. The molecule has 1 aliphatic rings. The maximum Gasteiger partial charge on any atom is 0.287 e. The maximum atomic E-state index is 12.3. The SMILES string of the molecule is CN(C)Cc1ccc(C(=O)N[C@@H]2CC(Cn3cc(Cl)cn3)C[C@H]2O)o1. The molecule has 0 bridgehead atoms. The highest BCUT2D eigenvalue weighted by molar-refractivity contribution is 6.30. The molecule has 0 radical (unpaired) electrons. The number of amides is 1. The van der Waals surface area contributed by atoms with Crippen molar-refractivity contribution in [1.29, 1.82) is 0 Å². The van der Waals surface area contributed by atoms with E-state index >= 15 is 0 Å². The molecule has 3 atom stereocenters. The Bertz CT molecular complexity index is 727. The van der Waals surface area contributed by atoms with Gasteiger partial charge in [-0.15, -0.1) is 0 Å². The van der Waals surface area contributed by atoms with Crippen LogP contribution in [0.4, 0.5) is 0 Å². The fourth-order valence-electron chi connectivity index (χ4n) is 3.26. The highest BCUT2D eigenvalue weighted by Gasteiger charge is 2.34. The molecule has 2 N–H and O–H groups in total. The lowest BCUT2D eigenvalue weighted by Gasteiger charge is -2.15. The van der Waals surface area contributed by atoms with Crippen LogP contribution in [0, 0.1) is 5.92 Å². The lowest BCUT2D eigenvalue weighted by molar-refractivity contribution is 0.0843. The van der Waals surface area contributed by atoms with Crippen LogP contribution in [-0.2, 0) is 13.1 Å². The van der Waals surface area contributed by atoms with Crippen molar-refractivity contribution in [1.82, 2.24) is 20.0 Å². The van der Waals surface area contributed by atoms with Crippen LogP contribution in [0.15, 0.2) is 28.9 Å². The summed E-state index contributed by atoms with van der Waals surface area (Å²) in [6.07, 6.45) is 4.09. The number of hydrogen-bond acceptors (Lipinski definition) is 5. The second-order valence-electron chi connectivity index (χ2n) is 6.87. The second-order valence-corrected chi connectivity index (χ2v) is 7.31. The standard InChI is InChI=1S/C17H23ClN4O3/c1-21(2)10-13-3-4-16(25-13)17(24)20-14-5-11(6-15(14)23)8-22-9-12(18)7-19-22/h3-4,7,9,11,14-15,23H,5-6,8,10H2,1-2H3,(H,20,24)/t11?,14-,15-/m1/s1. The molecule has 1 amide bonds. The predicted molar refractivity (Wildman–Crippen MR) is 93.3 cm³/mol. The average molecular weight is 367 g/mol. The molecule has 136 valence electrons. The van der Waals surface area contributed by atoms with Gasteiger partial charge in [-0.05, 0) is 45.0 Å². The van der Waals surface area contributed by atoms with Gasteiger partial charge >= 0.3 is 0 Å². The van der Waals surface area contributed by atoms with Crippen molar-refractivity contribution in [2.75, 3.05) is 14.1 Å². The summed E-state index contributed by atoms with van der Waals surface area (Å²) in [6, 6.07) is 3.18. The number of carbonyl (C=O) groups is 1. The first-order chi connectivity index (χ1) is 11.9. The van der Waals surface area contributed by atoms with Crippen molar-refractivity contribution in [3.05, 3.63) is 41.1 Å². The second kappa shape index (κ2) is 7.59. The van der Waals surface area contributed by atoms with E-state index in [0.29, 0.717) is 31.0 Å². The van der Waals surface area contributed by atoms with E-state index in [1.165, 1.54) is 0 Å². The third-order valence-electron chi connectivity index (χ3n) is 4.35. The van der Waals surface area contributed by atoms with E-state index in [1.807, 2.05) is 19.0 Å². The van der Waals surface area contributed by atoms with Gasteiger partial charge in [0.2, 0.25) is 0 Å².